The van der Waals surface area contributed by atoms with Crippen molar-refractivity contribution < 1.29 is 9.53 Å². The van der Waals surface area contributed by atoms with E-state index in [0.717, 1.165) is 32.4 Å². The summed E-state index contributed by atoms with van der Waals surface area (Å²) in [6.45, 7) is 1.57. The Morgan fingerprint density at radius 3 is 2.83 bits per heavy atom. The third-order valence-corrected chi connectivity index (χ3v) is 3.68. The van der Waals surface area contributed by atoms with Crippen molar-refractivity contribution in [1.82, 2.24) is 9.88 Å². The number of rotatable bonds is 5. The van der Waals surface area contributed by atoms with E-state index in [9.17, 15) is 4.79 Å². The van der Waals surface area contributed by atoms with E-state index in [2.05, 4.69) is 16.0 Å². The maximum absolute atomic E-state index is 11.8. The standard InChI is InChI=1S/C14H20N2O2/c1-16(10-12-5-3-8-15-9-12)11-14(6-4-7-14)13(17)18-2/h3,5,8-9H,4,6-7,10-11H2,1-2H3. The Hall–Kier alpha value is -1.42. The Balaban J connectivity index is 1.94. The average molecular weight is 248 g/mol. The Kier molecular flexibility index (Phi) is 3.97. The molecule has 1 aliphatic rings. The summed E-state index contributed by atoms with van der Waals surface area (Å²) >= 11 is 0. The van der Waals surface area contributed by atoms with Crippen LogP contribution in [0.1, 0.15) is 24.8 Å². The van der Waals surface area contributed by atoms with Gasteiger partial charge in [-0.2, -0.15) is 0 Å². The topological polar surface area (TPSA) is 42.4 Å². The molecule has 1 aliphatic carbocycles. The Morgan fingerprint density at radius 2 is 2.33 bits per heavy atom. The van der Waals surface area contributed by atoms with Crippen LogP contribution < -0.4 is 0 Å². The fraction of sp³-hybridized carbons (Fsp3) is 0.571. The highest BCUT2D eigenvalue weighted by molar-refractivity contribution is 5.78. The van der Waals surface area contributed by atoms with Gasteiger partial charge in [-0.15, -0.1) is 0 Å². The van der Waals surface area contributed by atoms with E-state index in [1.807, 2.05) is 19.3 Å². The van der Waals surface area contributed by atoms with Gasteiger partial charge in [0.2, 0.25) is 0 Å². The van der Waals surface area contributed by atoms with E-state index in [1.165, 1.54) is 12.7 Å². The molecule has 0 spiro atoms. The van der Waals surface area contributed by atoms with Crippen LogP contribution in [-0.4, -0.2) is 36.6 Å². The smallest absolute Gasteiger partial charge is 0.313 e. The van der Waals surface area contributed by atoms with Crippen molar-refractivity contribution in [3.8, 4) is 0 Å². The number of ether oxygens (including phenoxy) is 1. The van der Waals surface area contributed by atoms with Crippen LogP contribution in [-0.2, 0) is 16.1 Å². The minimum absolute atomic E-state index is 0.0632. The van der Waals surface area contributed by atoms with Gasteiger partial charge in [0.15, 0.2) is 0 Å². The summed E-state index contributed by atoms with van der Waals surface area (Å²) < 4.78 is 4.93. The van der Waals surface area contributed by atoms with E-state index in [-0.39, 0.29) is 11.4 Å². The fourth-order valence-corrected chi connectivity index (χ4v) is 2.62. The molecule has 1 aromatic rings. The molecule has 18 heavy (non-hydrogen) atoms. The summed E-state index contributed by atoms with van der Waals surface area (Å²) in [5, 5.41) is 0. The van der Waals surface area contributed by atoms with Crippen molar-refractivity contribution in [2.75, 3.05) is 20.7 Å². The molecule has 2 rings (SSSR count). The monoisotopic (exact) mass is 248 g/mol. The lowest BCUT2D eigenvalue weighted by Crippen LogP contribution is -2.47. The van der Waals surface area contributed by atoms with Crippen LogP contribution in [0.25, 0.3) is 0 Å². The number of carbonyl (C=O) groups excluding carboxylic acids is 1. The van der Waals surface area contributed by atoms with Crippen LogP contribution in [0, 0.1) is 5.41 Å². The minimum atomic E-state index is -0.272. The molecular weight excluding hydrogens is 228 g/mol. The lowest BCUT2D eigenvalue weighted by Gasteiger charge is -2.41. The number of hydrogen-bond acceptors (Lipinski definition) is 4. The van der Waals surface area contributed by atoms with Crippen LogP contribution in [0.15, 0.2) is 24.5 Å². The number of nitrogens with zero attached hydrogens (tertiary/aromatic N) is 2. The van der Waals surface area contributed by atoms with Crippen molar-refractivity contribution in [2.45, 2.75) is 25.8 Å². The molecule has 0 N–H and O–H groups in total. The van der Waals surface area contributed by atoms with Gasteiger partial charge in [-0.05, 0) is 31.5 Å². The molecule has 0 radical (unpaired) electrons. The van der Waals surface area contributed by atoms with Crippen molar-refractivity contribution in [3.63, 3.8) is 0 Å². The van der Waals surface area contributed by atoms with Gasteiger partial charge in [0, 0.05) is 25.5 Å². The van der Waals surface area contributed by atoms with E-state index in [1.54, 1.807) is 6.20 Å². The summed E-state index contributed by atoms with van der Waals surface area (Å²) in [7, 11) is 3.51. The average Bonchev–Trinajstić information content (AvgIpc) is 2.34. The largest absolute Gasteiger partial charge is 0.469 e. The molecule has 0 atom stereocenters. The summed E-state index contributed by atoms with van der Waals surface area (Å²) in [5.74, 6) is -0.0632. The minimum Gasteiger partial charge on any atom is -0.469 e. The first kappa shape index (κ1) is 13.0. The van der Waals surface area contributed by atoms with E-state index < -0.39 is 0 Å². The number of methoxy groups -OCH3 is 1. The molecule has 1 saturated carbocycles. The summed E-state index contributed by atoms with van der Waals surface area (Å²) in [6, 6.07) is 3.98. The highest BCUT2D eigenvalue weighted by Gasteiger charge is 2.45. The first-order valence-corrected chi connectivity index (χ1v) is 6.32. The van der Waals surface area contributed by atoms with Gasteiger partial charge in [-0.3, -0.25) is 9.78 Å². The van der Waals surface area contributed by atoms with Crippen molar-refractivity contribution in [2.24, 2.45) is 5.41 Å². The van der Waals surface area contributed by atoms with Gasteiger partial charge in [0.25, 0.3) is 0 Å². The molecule has 0 unspecified atom stereocenters. The zero-order chi connectivity index (χ0) is 13.0. The molecule has 0 amide bonds. The molecule has 0 aliphatic heterocycles. The molecule has 0 bridgehead atoms. The predicted molar refractivity (Wildman–Crippen MR) is 68.9 cm³/mol. The molecule has 98 valence electrons. The highest BCUT2D eigenvalue weighted by Crippen LogP contribution is 2.42. The number of aromatic nitrogens is 1. The number of pyridine rings is 1. The van der Waals surface area contributed by atoms with Crippen LogP contribution >= 0.6 is 0 Å². The van der Waals surface area contributed by atoms with Crippen molar-refractivity contribution in [3.05, 3.63) is 30.1 Å². The molecule has 4 nitrogen and oxygen atoms in total. The van der Waals surface area contributed by atoms with Gasteiger partial charge in [-0.1, -0.05) is 12.5 Å². The fourth-order valence-electron chi connectivity index (χ4n) is 2.62. The second kappa shape index (κ2) is 5.48. The van der Waals surface area contributed by atoms with Gasteiger partial charge >= 0.3 is 5.97 Å². The van der Waals surface area contributed by atoms with E-state index >= 15 is 0 Å². The molecule has 0 aromatic carbocycles. The molecule has 1 fully saturated rings. The van der Waals surface area contributed by atoms with Crippen LogP contribution in [0.4, 0.5) is 0 Å². The van der Waals surface area contributed by atoms with E-state index in [4.69, 9.17) is 4.74 Å². The maximum atomic E-state index is 11.8. The molecule has 1 aromatic heterocycles. The van der Waals surface area contributed by atoms with Gasteiger partial charge < -0.3 is 9.64 Å². The Morgan fingerprint density at radius 1 is 1.56 bits per heavy atom. The summed E-state index contributed by atoms with van der Waals surface area (Å²) in [4.78, 5) is 18.1. The van der Waals surface area contributed by atoms with Crippen molar-refractivity contribution in [1.29, 1.82) is 0 Å². The lowest BCUT2D eigenvalue weighted by molar-refractivity contribution is -0.160. The van der Waals surface area contributed by atoms with Crippen LogP contribution in [0.5, 0.6) is 0 Å². The first-order valence-electron chi connectivity index (χ1n) is 6.32. The number of esters is 1. The second-order valence-electron chi connectivity index (χ2n) is 5.16. The predicted octanol–water partition coefficient (Wildman–Crippen LogP) is 1.86. The summed E-state index contributed by atoms with van der Waals surface area (Å²) in [6.07, 6.45) is 6.64. The van der Waals surface area contributed by atoms with Crippen molar-refractivity contribution >= 4 is 5.97 Å². The Bertz CT molecular complexity index is 402. The van der Waals surface area contributed by atoms with Gasteiger partial charge in [-0.25, -0.2) is 0 Å². The molecule has 4 heteroatoms. The highest BCUT2D eigenvalue weighted by atomic mass is 16.5. The van der Waals surface area contributed by atoms with Crippen LogP contribution in [0.2, 0.25) is 0 Å². The zero-order valence-corrected chi connectivity index (χ0v) is 11.1. The third kappa shape index (κ3) is 2.70. The van der Waals surface area contributed by atoms with Gasteiger partial charge in [0.05, 0.1) is 12.5 Å². The zero-order valence-electron chi connectivity index (χ0n) is 11.1. The third-order valence-electron chi connectivity index (χ3n) is 3.68. The van der Waals surface area contributed by atoms with E-state index in [0.29, 0.717) is 0 Å². The SMILES string of the molecule is COC(=O)C1(CN(C)Cc2cccnc2)CCC1. The maximum Gasteiger partial charge on any atom is 0.313 e. The summed E-state index contributed by atoms with van der Waals surface area (Å²) in [5.41, 5.74) is 0.894. The lowest BCUT2D eigenvalue weighted by atomic mass is 9.68. The van der Waals surface area contributed by atoms with Gasteiger partial charge in [0.1, 0.15) is 0 Å². The molecule has 0 saturated heterocycles. The number of carbonyl (C=O) groups is 1. The molecule has 1 heterocycles. The first-order chi connectivity index (χ1) is 8.66. The number of hydrogen-bond donors (Lipinski definition) is 0. The Labute approximate surface area is 108 Å². The van der Waals surface area contributed by atoms with Crippen LogP contribution in [0.3, 0.4) is 0 Å². The quantitative estimate of drug-likeness (QED) is 0.746. The normalized spacial score (nSPS) is 17.3. The molecular formula is C14H20N2O2. The second-order valence-corrected chi connectivity index (χ2v) is 5.16.